The van der Waals surface area contributed by atoms with Crippen LogP contribution >= 0.6 is 0 Å². The fourth-order valence-electron chi connectivity index (χ4n) is 4.02. The topological polar surface area (TPSA) is 115 Å². The number of nitrogens with two attached hydrogens (primary N) is 1. The highest BCUT2D eigenvalue weighted by Gasteiger charge is 2.30. The van der Waals surface area contributed by atoms with Crippen LogP contribution in [0.15, 0.2) is 21.7 Å². The van der Waals surface area contributed by atoms with Gasteiger partial charge in [-0.15, -0.1) is 4.36 Å². The van der Waals surface area contributed by atoms with Crippen LogP contribution in [0, 0.1) is 0 Å². The van der Waals surface area contributed by atoms with Gasteiger partial charge in [-0.2, -0.15) is 5.10 Å². The monoisotopic (exact) mass is 402 g/mol. The third-order valence-corrected chi connectivity index (χ3v) is 6.77. The second-order valence-corrected chi connectivity index (χ2v) is 9.63. The molecular formula is C19H26N6O2S. The number of nitrogens with one attached hydrogen (secondary N) is 1. The van der Waals surface area contributed by atoms with Crippen molar-refractivity contribution in [2.24, 2.45) is 9.50 Å². The number of urea groups is 1. The minimum atomic E-state index is -3.42. The van der Waals surface area contributed by atoms with E-state index in [1.807, 2.05) is 13.8 Å². The molecule has 2 heterocycles. The molecule has 2 atom stereocenters. The number of rotatable bonds is 3. The lowest BCUT2D eigenvalue weighted by Crippen LogP contribution is -2.20. The van der Waals surface area contributed by atoms with E-state index in [2.05, 4.69) is 21.7 Å². The highest BCUT2D eigenvalue weighted by molar-refractivity contribution is 7.91. The molecule has 0 aromatic carbocycles. The molecule has 28 heavy (non-hydrogen) atoms. The van der Waals surface area contributed by atoms with Crippen LogP contribution in [-0.4, -0.2) is 25.0 Å². The maximum atomic E-state index is 12.8. The first kappa shape index (κ1) is 19.1. The van der Waals surface area contributed by atoms with Gasteiger partial charge < -0.3 is 5.32 Å². The molecule has 150 valence electrons. The average molecular weight is 403 g/mol. The Bertz CT molecular complexity index is 1060. The molecule has 4 rings (SSSR count). The molecule has 0 bridgehead atoms. The molecule has 0 saturated heterocycles. The molecule has 2 aromatic heterocycles. The van der Waals surface area contributed by atoms with Gasteiger partial charge in [0.25, 0.3) is 0 Å². The van der Waals surface area contributed by atoms with Gasteiger partial charge in [0.05, 0.1) is 5.69 Å². The van der Waals surface area contributed by atoms with Gasteiger partial charge in [-0.3, -0.25) is 9.67 Å². The van der Waals surface area contributed by atoms with Crippen LogP contribution in [0.25, 0.3) is 0 Å². The fourth-order valence-corrected chi connectivity index (χ4v) is 4.87. The molecule has 9 heteroatoms. The van der Waals surface area contributed by atoms with E-state index >= 15 is 0 Å². The van der Waals surface area contributed by atoms with E-state index in [1.165, 1.54) is 0 Å². The Balaban J connectivity index is 1.67. The van der Waals surface area contributed by atoms with Gasteiger partial charge in [-0.1, -0.05) is 6.92 Å². The van der Waals surface area contributed by atoms with Crippen molar-refractivity contribution >= 4 is 21.6 Å². The third kappa shape index (κ3) is 3.33. The number of anilines is 1. The Labute approximate surface area is 165 Å². The largest absolute Gasteiger partial charge is 0.354 e. The Morgan fingerprint density at radius 3 is 2.86 bits per heavy atom. The molecule has 0 fully saturated rings. The van der Waals surface area contributed by atoms with Crippen LogP contribution in [0.5, 0.6) is 0 Å². The first-order valence-corrected chi connectivity index (χ1v) is 11.3. The molecule has 0 spiro atoms. The summed E-state index contributed by atoms with van der Waals surface area (Å²) in [4.78, 5) is 17.5. The summed E-state index contributed by atoms with van der Waals surface area (Å²) in [5.74, 6) is 0.382. The number of carbonyl (C=O) groups excluding carboxylic acids is 1. The number of fused-ring (bicyclic) bond motifs is 2. The Hall–Kier alpha value is -2.26. The zero-order valence-electron chi connectivity index (χ0n) is 16.4. The summed E-state index contributed by atoms with van der Waals surface area (Å²) in [6, 6.07) is 0.943. The van der Waals surface area contributed by atoms with Gasteiger partial charge in [0.1, 0.15) is 0 Å². The maximum Gasteiger partial charge on any atom is 0.354 e. The molecule has 0 unspecified atom stereocenters. The molecule has 2 amide bonds. The molecule has 2 aliphatic rings. The quantitative estimate of drug-likeness (QED) is 0.819. The van der Waals surface area contributed by atoms with E-state index in [1.54, 1.807) is 16.9 Å². The number of aromatic nitrogens is 3. The normalized spacial score (nSPS) is 20.0. The number of hydrogen-bond acceptors (Lipinski definition) is 4. The lowest BCUT2D eigenvalue weighted by molar-refractivity contribution is 0.260. The number of amides is 2. The van der Waals surface area contributed by atoms with Crippen molar-refractivity contribution in [1.82, 2.24) is 14.8 Å². The molecule has 2 aliphatic carbocycles. The van der Waals surface area contributed by atoms with Crippen LogP contribution in [-0.2, 0) is 29.2 Å². The fraction of sp³-hybridized carbons (Fsp3) is 0.526. The van der Waals surface area contributed by atoms with Gasteiger partial charge in [0.15, 0.2) is 14.9 Å². The lowest BCUT2D eigenvalue weighted by Gasteiger charge is -2.15. The lowest BCUT2D eigenvalue weighted by atomic mass is 10.0. The van der Waals surface area contributed by atoms with Crippen molar-refractivity contribution in [2.75, 3.05) is 5.32 Å². The SMILES string of the molecule is CC(C)n1ccc([S@@](N)(=O)=NC(=O)Nc2c3c(nc4c2CC[C@@H]4C)CCC3)n1. The number of pyridine rings is 1. The first-order valence-electron chi connectivity index (χ1n) is 9.72. The number of aryl methyl sites for hydroxylation is 1. The zero-order chi connectivity index (χ0) is 20.1. The number of nitrogens with zero attached hydrogens (tertiary/aromatic N) is 4. The predicted molar refractivity (Wildman–Crippen MR) is 108 cm³/mol. The number of hydrogen-bond donors (Lipinski definition) is 2. The zero-order valence-corrected chi connectivity index (χ0v) is 17.3. The molecular weight excluding hydrogens is 376 g/mol. The van der Waals surface area contributed by atoms with E-state index in [0.29, 0.717) is 5.92 Å². The van der Waals surface area contributed by atoms with Crippen molar-refractivity contribution in [3.8, 4) is 0 Å². The second kappa shape index (κ2) is 6.97. The van der Waals surface area contributed by atoms with E-state index in [-0.39, 0.29) is 11.1 Å². The molecule has 8 nitrogen and oxygen atoms in total. The standard InChI is InChI=1S/C19H26N6O2S/c1-11(2)25-10-9-16(23-25)28(20,27)24-19(26)22-18-13-5-4-6-15(13)21-17-12(3)7-8-14(17)18/h9-12H,4-8H2,1-3H3,(H3,20,21,22,24,26,27)/t12-,28-/m0/s1. The average Bonchev–Trinajstić information content (AvgIpc) is 3.34. The van der Waals surface area contributed by atoms with Crippen LogP contribution in [0.2, 0.25) is 0 Å². The molecule has 0 saturated carbocycles. The van der Waals surface area contributed by atoms with Gasteiger partial charge in [-0.05, 0) is 69.1 Å². The first-order chi connectivity index (χ1) is 13.3. The Morgan fingerprint density at radius 2 is 2.14 bits per heavy atom. The minimum Gasteiger partial charge on any atom is -0.305 e. The highest BCUT2D eigenvalue weighted by Crippen LogP contribution is 2.41. The van der Waals surface area contributed by atoms with E-state index < -0.39 is 15.9 Å². The van der Waals surface area contributed by atoms with E-state index in [0.717, 1.165) is 60.3 Å². The number of carbonyl (C=O) groups is 1. The van der Waals surface area contributed by atoms with Crippen LogP contribution in [0.3, 0.4) is 0 Å². The molecule has 0 aliphatic heterocycles. The van der Waals surface area contributed by atoms with Crippen molar-refractivity contribution in [2.45, 2.75) is 69.9 Å². The van der Waals surface area contributed by atoms with Crippen molar-refractivity contribution in [3.63, 3.8) is 0 Å². The summed E-state index contributed by atoms with van der Waals surface area (Å²) in [6.07, 6.45) is 6.42. The smallest absolute Gasteiger partial charge is 0.305 e. The Morgan fingerprint density at radius 1 is 1.36 bits per heavy atom. The van der Waals surface area contributed by atoms with Crippen molar-refractivity contribution in [3.05, 3.63) is 34.8 Å². The van der Waals surface area contributed by atoms with Crippen LogP contribution in [0.4, 0.5) is 10.5 Å². The summed E-state index contributed by atoms with van der Waals surface area (Å²) in [5.41, 5.74) is 5.11. The van der Waals surface area contributed by atoms with E-state index in [9.17, 15) is 9.00 Å². The van der Waals surface area contributed by atoms with Crippen molar-refractivity contribution < 1.29 is 9.00 Å². The molecule has 2 aromatic rings. The Kier molecular flexibility index (Phi) is 4.75. The van der Waals surface area contributed by atoms with Gasteiger partial charge in [0.2, 0.25) is 0 Å². The summed E-state index contributed by atoms with van der Waals surface area (Å²) < 4.78 is 18.2. The van der Waals surface area contributed by atoms with Gasteiger partial charge >= 0.3 is 6.03 Å². The highest BCUT2D eigenvalue weighted by atomic mass is 32.2. The van der Waals surface area contributed by atoms with Crippen LogP contribution in [0.1, 0.15) is 68.1 Å². The minimum absolute atomic E-state index is 0.0989. The molecule has 3 N–H and O–H groups in total. The summed E-state index contributed by atoms with van der Waals surface area (Å²) in [7, 11) is -3.42. The summed E-state index contributed by atoms with van der Waals surface area (Å²) >= 11 is 0. The van der Waals surface area contributed by atoms with E-state index in [4.69, 9.17) is 10.1 Å². The molecule has 0 radical (unpaired) electrons. The summed E-state index contributed by atoms with van der Waals surface area (Å²) in [5, 5.41) is 13.1. The second-order valence-electron chi connectivity index (χ2n) is 7.89. The van der Waals surface area contributed by atoms with Crippen LogP contribution < -0.4 is 10.5 Å². The van der Waals surface area contributed by atoms with Gasteiger partial charge in [0, 0.05) is 23.6 Å². The maximum absolute atomic E-state index is 12.8. The van der Waals surface area contributed by atoms with Gasteiger partial charge in [-0.25, -0.2) is 14.1 Å². The predicted octanol–water partition coefficient (Wildman–Crippen LogP) is 3.33. The third-order valence-electron chi connectivity index (χ3n) is 5.51. The van der Waals surface area contributed by atoms with Crippen molar-refractivity contribution in [1.29, 1.82) is 0 Å². The summed E-state index contributed by atoms with van der Waals surface area (Å²) in [6.45, 7) is 6.06.